The van der Waals surface area contributed by atoms with E-state index in [-0.39, 0.29) is 5.89 Å². The quantitative estimate of drug-likeness (QED) is 0.767. The van der Waals surface area contributed by atoms with Gasteiger partial charge in [0.15, 0.2) is 0 Å². The first-order chi connectivity index (χ1) is 8.76. The summed E-state index contributed by atoms with van der Waals surface area (Å²) in [6.45, 7) is 2.08. The van der Waals surface area contributed by atoms with Gasteiger partial charge >= 0.3 is 11.9 Å². The van der Waals surface area contributed by atoms with Crippen LogP contribution in [0.1, 0.15) is 49.2 Å². The highest BCUT2D eigenvalue weighted by molar-refractivity contribution is 5.83. The first-order valence-corrected chi connectivity index (χ1v) is 6.75. The maximum Gasteiger partial charge on any atom is 0.396 e. The second-order valence-electron chi connectivity index (χ2n) is 5.36. The minimum absolute atomic E-state index is 0.0185. The van der Waals surface area contributed by atoms with Crippen LogP contribution >= 0.6 is 0 Å². The molecule has 0 aromatic carbocycles. The van der Waals surface area contributed by atoms with Crippen molar-refractivity contribution < 1.29 is 13.9 Å². The van der Waals surface area contributed by atoms with Crippen molar-refractivity contribution in [3.05, 3.63) is 11.8 Å². The van der Waals surface area contributed by atoms with Crippen LogP contribution in [0.4, 0.5) is 0 Å². The standard InChI is InChI=1S/C13H18N2O3/c1-2-17-13(16)12-15-14-11(18-12)7-10-6-8-3-4-9(10)5-8/h8-10H,2-7H2,1H3. The van der Waals surface area contributed by atoms with Crippen LogP contribution in [0.15, 0.2) is 4.42 Å². The molecule has 3 atom stereocenters. The molecular formula is C13H18N2O3. The molecule has 5 heteroatoms. The maximum absolute atomic E-state index is 11.4. The summed E-state index contributed by atoms with van der Waals surface area (Å²) < 4.78 is 10.2. The molecule has 0 amide bonds. The zero-order chi connectivity index (χ0) is 12.5. The third-order valence-corrected chi connectivity index (χ3v) is 4.24. The van der Waals surface area contributed by atoms with Gasteiger partial charge in [0.1, 0.15) is 0 Å². The minimum atomic E-state index is -0.524. The highest BCUT2D eigenvalue weighted by atomic mass is 16.5. The third-order valence-electron chi connectivity index (χ3n) is 4.24. The fourth-order valence-corrected chi connectivity index (χ4v) is 3.46. The lowest BCUT2D eigenvalue weighted by atomic mass is 9.86. The second-order valence-corrected chi connectivity index (χ2v) is 5.36. The van der Waals surface area contributed by atoms with Crippen molar-refractivity contribution in [2.45, 2.75) is 39.0 Å². The predicted molar refractivity (Wildman–Crippen MR) is 62.9 cm³/mol. The second kappa shape index (κ2) is 4.71. The molecular weight excluding hydrogens is 232 g/mol. The minimum Gasteiger partial charge on any atom is -0.459 e. The van der Waals surface area contributed by atoms with Crippen molar-refractivity contribution >= 4 is 5.97 Å². The molecule has 2 saturated carbocycles. The molecule has 1 aromatic heterocycles. The molecule has 2 aliphatic carbocycles. The molecule has 5 nitrogen and oxygen atoms in total. The van der Waals surface area contributed by atoms with Crippen LogP contribution in [-0.4, -0.2) is 22.8 Å². The number of hydrogen-bond donors (Lipinski definition) is 0. The van der Waals surface area contributed by atoms with Gasteiger partial charge in [-0.3, -0.25) is 0 Å². The molecule has 2 fully saturated rings. The molecule has 2 bridgehead atoms. The lowest BCUT2D eigenvalue weighted by Crippen LogP contribution is -2.13. The van der Waals surface area contributed by atoms with E-state index in [4.69, 9.17) is 9.15 Å². The molecule has 98 valence electrons. The summed E-state index contributed by atoms with van der Waals surface area (Å²) in [4.78, 5) is 11.4. The number of fused-ring (bicyclic) bond motifs is 2. The highest BCUT2D eigenvalue weighted by Crippen LogP contribution is 2.49. The smallest absolute Gasteiger partial charge is 0.396 e. The first kappa shape index (κ1) is 11.7. The van der Waals surface area contributed by atoms with Crippen LogP contribution in [0.3, 0.4) is 0 Å². The lowest BCUT2D eigenvalue weighted by Gasteiger charge is -2.19. The van der Waals surface area contributed by atoms with Crippen molar-refractivity contribution in [3.8, 4) is 0 Å². The van der Waals surface area contributed by atoms with E-state index >= 15 is 0 Å². The monoisotopic (exact) mass is 250 g/mol. The van der Waals surface area contributed by atoms with E-state index in [0.29, 0.717) is 18.4 Å². The Balaban J connectivity index is 1.62. The lowest BCUT2D eigenvalue weighted by molar-refractivity contribution is 0.0478. The van der Waals surface area contributed by atoms with E-state index in [9.17, 15) is 4.79 Å². The molecule has 1 aromatic rings. The fourth-order valence-electron chi connectivity index (χ4n) is 3.46. The molecule has 0 N–H and O–H groups in total. The average molecular weight is 250 g/mol. The Bertz CT molecular complexity index is 443. The number of nitrogens with zero attached hydrogens (tertiary/aromatic N) is 2. The number of ether oxygens (including phenoxy) is 1. The number of aromatic nitrogens is 2. The largest absolute Gasteiger partial charge is 0.459 e. The van der Waals surface area contributed by atoms with Crippen LogP contribution in [0.5, 0.6) is 0 Å². The molecule has 0 spiro atoms. The molecule has 18 heavy (non-hydrogen) atoms. The number of rotatable bonds is 4. The van der Waals surface area contributed by atoms with Crippen molar-refractivity contribution in [2.75, 3.05) is 6.61 Å². The van der Waals surface area contributed by atoms with Crippen molar-refractivity contribution in [1.29, 1.82) is 0 Å². The summed E-state index contributed by atoms with van der Waals surface area (Å²) in [5.41, 5.74) is 0. The number of hydrogen-bond acceptors (Lipinski definition) is 5. The van der Waals surface area contributed by atoms with Gasteiger partial charge in [0.2, 0.25) is 5.89 Å². The van der Waals surface area contributed by atoms with E-state index in [1.807, 2.05) is 0 Å². The van der Waals surface area contributed by atoms with Gasteiger partial charge in [0.05, 0.1) is 6.61 Å². The van der Waals surface area contributed by atoms with Gasteiger partial charge in [-0.15, -0.1) is 10.2 Å². The summed E-state index contributed by atoms with van der Waals surface area (Å²) in [7, 11) is 0. The van der Waals surface area contributed by atoms with Crippen molar-refractivity contribution in [2.24, 2.45) is 17.8 Å². The van der Waals surface area contributed by atoms with Gasteiger partial charge in [-0.1, -0.05) is 6.42 Å². The van der Waals surface area contributed by atoms with Crippen LogP contribution in [0.25, 0.3) is 0 Å². The van der Waals surface area contributed by atoms with Gasteiger partial charge in [0.25, 0.3) is 0 Å². The number of esters is 1. The highest BCUT2D eigenvalue weighted by Gasteiger charge is 2.40. The van der Waals surface area contributed by atoms with Crippen LogP contribution in [0, 0.1) is 17.8 Å². The molecule has 3 rings (SSSR count). The molecule has 2 aliphatic rings. The fraction of sp³-hybridized carbons (Fsp3) is 0.769. The third kappa shape index (κ3) is 2.13. The van der Waals surface area contributed by atoms with E-state index in [1.165, 1.54) is 25.7 Å². The number of carbonyl (C=O) groups excluding carboxylic acids is 1. The first-order valence-electron chi connectivity index (χ1n) is 6.75. The average Bonchev–Trinajstić information content (AvgIpc) is 3.04. The molecule has 0 aliphatic heterocycles. The summed E-state index contributed by atoms with van der Waals surface area (Å²) >= 11 is 0. The van der Waals surface area contributed by atoms with Crippen LogP contribution in [-0.2, 0) is 11.2 Å². The van der Waals surface area contributed by atoms with Gasteiger partial charge < -0.3 is 9.15 Å². The topological polar surface area (TPSA) is 65.2 Å². The normalized spacial score (nSPS) is 29.7. The Morgan fingerprint density at radius 3 is 2.94 bits per heavy atom. The van der Waals surface area contributed by atoms with Gasteiger partial charge in [0, 0.05) is 6.42 Å². The van der Waals surface area contributed by atoms with Crippen molar-refractivity contribution in [3.63, 3.8) is 0 Å². The zero-order valence-corrected chi connectivity index (χ0v) is 10.6. The Morgan fingerprint density at radius 2 is 2.28 bits per heavy atom. The molecule has 0 saturated heterocycles. The van der Waals surface area contributed by atoms with E-state index in [0.717, 1.165) is 18.3 Å². The molecule has 0 radical (unpaired) electrons. The SMILES string of the molecule is CCOC(=O)c1nnc(CC2CC3CCC2C3)o1. The predicted octanol–water partition coefficient (Wildman–Crippen LogP) is 2.23. The van der Waals surface area contributed by atoms with Crippen molar-refractivity contribution in [1.82, 2.24) is 10.2 Å². The Labute approximate surface area is 106 Å². The van der Waals surface area contributed by atoms with Gasteiger partial charge in [-0.2, -0.15) is 0 Å². The Morgan fingerprint density at radius 1 is 1.39 bits per heavy atom. The van der Waals surface area contributed by atoms with E-state index in [1.54, 1.807) is 6.92 Å². The summed E-state index contributed by atoms with van der Waals surface area (Å²) in [6, 6.07) is 0. The Kier molecular flexibility index (Phi) is 3.06. The van der Waals surface area contributed by atoms with E-state index < -0.39 is 5.97 Å². The summed E-state index contributed by atoms with van der Waals surface area (Å²) in [5.74, 6) is 2.44. The maximum atomic E-state index is 11.4. The van der Waals surface area contributed by atoms with Gasteiger partial charge in [-0.05, 0) is 43.9 Å². The number of carbonyl (C=O) groups is 1. The van der Waals surface area contributed by atoms with E-state index in [2.05, 4.69) is 10.2 Å². The van der Waals surface area contributed by atoms with Crippen LogP contribution < -0.4 is 0 Å². The zero-order valence-electron chi connectivity index (χ0n) is 10.6. The molecule has 3 unspecified atom stereocenters. The van der Waals surface area contributed by atoms with Crippen LogP contribution in [0.2, 0.25) is 0 Å². The summed E-state index contributed by atoms with van der Waals surface area (Å²) in [6.07, 6.45) is 6.19. The Hall–Kier alpha value is -1.39. The molecule has 1 heterocycles. The van der Waals surface area contributed by atoms with Gasteiger partial charge in [-0.25, -0.2) is 4.79 Å². The summed E-state index contributed by atoms with van der Waals surface area (Å²) in [5, 5.41) is 7.70.